The molecule has 0 bridgehead atoms. The molecule has 0 saturated carbocycles. The van der Waals surface area contributed by atoms with Gasteiger partial charge in [-0.05, 0) is 24.1 Å². The molecule has 0 fully saturated rings. The van der Waals surface area contributed by atoms with E-state index in [0.29, 0.717) is 11.0 Å². The Morgan fingerprint density at radius 1 is 1.16 bits per heavy atom. The highest BCUT2D eigenvalue weighted by Gasteiger charge is 2.04. The van der Waals surface area contributed by atoms with Gasteiger partial charge in [-0.3, -0.25) is 0 Å². The molecule has 0 aliphatic carbocycles. The topological polar surface area (TPSA) is 38.2 Å². The lowest BCUT2D eigenvalue weighted by atomic mass is 10.1. The summed E-state index contributed by atoms with van der Waals surface area (Å²) in [6.07, 6.45) is 4.13. The van der Waals surface area contributed by atoms with E-state index in [1.165, 1.54) is 5.56 Å². The van der Waals surface area contributed by atoms with Crippen molar-refractivity contribution in [3.05, 3.63) is 47.2 Å². The molecule has 19 heavy (non-hydrogen) atoms. The number of ether oxygens (including phenoxy) is 1. The van der Waals surface area contributed by atoms with Gasteiger partial charge in [0.1, 0.15) is 5.75 Å². The van der Waals surface area contributed by atoms with Gasteiger partial charge in [-0.1, -0.05) is 23.7 Å². The Balaban J connectivity index is 1.92. The lowest BCUT2D eigenvalue weighted by molar-refractivity contribution is 0.414. The summed E-state index contributed by atoms with van der Waals surface area (Å²) in [6.45, 7) is 0.841. The molecule has 5 heteroatoms. The molecule has 0 aliphatic heterocycles. The standard InChI is InChI=1S/C14H16ClN3O/c1-18(14-16-9-12(15)10-17-14)8-7-11-3-5-13(19-2)6-4-11/h3-6,9-10H,7-8H2,1-2H3. The highest BCUT2D eigenvalue weighted by atomic mass is 35.5. The molecule has 100 valence electrons. The van der Waals surface area contributed by atoms with Crippen molar-refractivity contribution in [2.24, 2.45) is 0 Å². The number of anilines is 1. The van der Waals surface area contributed by atoms with Crippen molar-refractivity contribution in [3.8, 4) is 5.75 Å². The van der Waals surface area contributed by atoms with Gasteiger partial charge in [0.2, 0.25) is 5.95 Å². The zero-order valence-electron chi connectivity index (χ0n) is 11.0. The van der Waals surface area contributed by atoms with Crippen LogP contribution in [0.1, 0.15) is 5.56 Å². The molecule has 2 rings (SSSR count). The third-order valence-corrected chi connectivity index (χ3v) is 3.04. The van der Waals surface area contributed by atoms with Crippen molar-refractivity contribution in [1.29, 1.82) is 0 Å². The molecule has 1 aromatic heterocycles. The van der Waals surface area contributed by atoms with E-state index in [1.807, 2.05) is 24.1 Å². The van der Waals surface area contributed by atoms with Crippen LogP contribution in [0.4, 0.5) is 5.95 Å². The van der Waals surface area contributed by atoms with Gasteiger partial charge in [0, 0.05) is 13.6 Å². The van der Waals surface area contributed by atoms with E-state index in [0.717, 1.165) is 18.7 Å². The molecule has 0 aliphatic rings. The van der Waals surface area contributed by atoms with Crippen molar-refractivity contribution < 1.29 is 4.74 Å². The fourth-order valence-electron chi connectivity index (χ4n) is 1.69. The van der Waals surface area contributed by atoms with Crippen molar-refractivity contribution >= 4 is 17.5 Å². The zero-order chi connectivity index (χ0) is 13.7. The Labute approximate surface area is 118 Å². The zero-order valence-corrected chi connectivity index (χ0v) is 11.8. The smallest absolute Gasteiger partial charge is 0.225 e. The number of benzene rings is 1. The van der Waals surface area contributed by atoms with E-state index in [-0.39, 0.29) is 0 Å². The number of methoxy groups -OCH3 is 1. The minimum atomic E-state index is 0.548. The molecule has 1 heterocycles. The van der Waals surface area contributed by atoms with Crippen LogP contribution in [0.2, 0.25) is 5.02 Å². The van der Waals surface area contributed by atoms with Crippen LogP contribution >= 0.6 is 11.6 Å². The predicted molar refractivity (Wildman–Crippen MR) is 77.0 cm³/mol. The molecule has 0 atom stereocenters. The monoisotopic (exact) mass is 277 g/mol. The van der Waals surface area contributed by atoms with Gasteiger partial charge in [0.05, 0.1) is 24.5 Å². The number of likely N-dealkylation sites (N-methyl/N-ethyl adjacent to an activating group) is 1. The van der Waals surface area contributed by atoms with E-state index in [9.17, 15) is 0 Å². The third kappa shape index (κ3) is 3.83. The summed E-state index contributed by atoms with van der Waals surface area (Å²) in [5.74, 6) is 1.55. The lowest BCUT2D eigenvalue weighted by Gasteiger charge is -2.16. The molecular formula is C14H16ClN3O. The van der Waals surface area contributed by atoms with Crippen molar-refractivity contribution in [1.82, 2.24) is 9.97 Å². The van der Waals surface area contributed by atoms with Gasteiger partial charge in [0.15, 0.2) is 0 Å². The van der Waals surface area contributed by atoms with Crippen molar-refractivity contribution in [2.75, 3.05) is 25.6 Å². The number of nitrogens with zero attached hydrogens (tertiary/aromatic N) is 3. The van der Waals surface area contributed by atoms with E-state index in [1.54, 1.807) is 19.5 Å². The average molecular weight is 278 g/mol. The summed E-state index contributed by atoms with van der Waals surface area (Å²) in [4.78, 5) is 10.4. The highest BCUT2D eigenvalue weighted by Crippen LogP contribution is 2.13. The van der Waals surface area contributed by atoms with Crippen LogP contribution in [0.3, 0.4) is 0 Å². The van der Waals surface area contributed by atoms with E-state index in [2.05, 4.69) is 22.1 Å². The molecule has 0 saturated heterocycles. The maximum atomic E-state index is 5.76. The number of hydrogen-bond acceptors (Lipinski definition) is 4. The van der Waals surface area contributed by atoms with Crippen LogP contribution in [0.15, 0.2) is 36.7 Å². The number of rotatable bonds is 5. The van der Waals surface area contributed by atoms with Crippen LogP contribution in [0, 0.1) is 0 Å². The second kappa shape index (κ2) is 6.38. The quantitative estimate of drug-likeness (QED) is 0.842. The van der Waals surface area contributed by atoms with Gasteiger partial charge in [-0.15, -0.1) is 0 Å². The highest BCUT2D eigenvalue weighted by molar-refractivity contribution is 6.30. The summed E-state index contributed by atoms with van der Waals surface area (Å²) in [5.41, 5.74) is 1.25. The maximum absolute atomic E-state index is 5.76. The summed E-state index contributed by atoms with van der Waals surface area (Å²) < 4.78 is 5.13. The Morgan fingerprint density at radius 2 is 1.79 bits per heavy atom. The first-order chi connectivity index (χ1) is 9.19. The number of aromatic nitrogens is 2. The Hall–Kier alpha value is -1.81. The fourth-order valence-corrected chi connectivity index (χ4v) is 1.79. The molecule has 1 aromatic carbocycles. The number of halogens is 1. The molecule has 0 N–H and O–H groups in total. The van der Waals surface area contributed by atoms with Crippen LogP contribution in [-0.2, 0) is 6.42 Å². The third-order valence-electron chi connectivity index (χ3n) is 2.84. The Morgan fingerprint density at radius 3 is 2.37 bits per heavy atom. The first kappa shape index (κ1) is 13.6. The van der Waals surface area contributed by atoms with E-state index in [4.69, 9.17) is 16.3 Å². The molecular weight excluding hydrogens is 262 g/mol. The normalized spacial score (nSPS) is 10.3. The maximum Gasteiger partial charge on any atom is 0.225 e. The summed E-state index contributed by atoms with van der Waals surface area (Å²) >= 11 is 5.76. The Bertz CT molecular complexity index is 513. The SMILES string of the molecule is COc1ccc(CCN(C)c2ncc(Cl)cn2)cc1. The van der Waals surface area contributed by atoms with Gasteiger partial charge in [-0.25, -0.2) is 9.97 Å². The molecule has 0 amide bonds. The van der Waals surface area contributed by atoms with Crippen LogP contribution < -0.4 is 9.64 Å². The van der Waals surface area contributed by atoms with Crippen molar-refractivity contribution in [3.63, 3.8) is 0 Å². The largest absolute Gasteiger partial charge is 0.497 e. The molecule has 0 spiro atoms. The van der Waals surface area contributed by atoms with Crippen LogP contribution in [0.5, 0.6) is 5.75 Å². The molecule has 2 aromatic rings. The summed E-state index contributed by atoms with van der Waals surface area (Å²) in [7, 11) is 3.63. The molecule has 4 nitrogen and oxygen atoms in total. The Kier molecular flexibility index (Phi) is 4.58. The second-order valence-corrected chi connectivity index (χ2v) is 4.66. The molecule has 0 unspecified atom stereocenters. The predicted octanol–water partition coefficient (Wildman–Crippen LogP) is 2.82. The van der Waals surface area contributed by atoms with E-state index < -0.39 is 0 Å². The summed E-state index contributed by atoms with van der Waals surface area (Å²) in [5, 5.41) is 0.548. The van der Waals surface area contributed by atoms with Gasteiger partial charge < -0.3 is 9.64 Å². The lowest BCUT2D eigenvalue weighted by Crippen LogP contribution is -2.22. The summed E-state index contributed by atoms with van der Waals surface area (Å²) in [6, 6.07) is 8.06. The minimum Gasteiger partial charge on any atom is -0.497 e. The van der Waals surface area contributed by atoms with Crippen LogP contribution in [0.25, 0.3) is 0 Å². The first-order valence-corrected chi connectivity index (χ1v) is 6.38. The van der Waals surface area contributed by atoms with Crippen molar-refractivity contribution in [2.45, 2.75) is 6.42 Å². The van der Waals surface area contributed by atoms with Gasteiger partial charge in [-0.2, -0.15) is 0 Å². The second-order valence-electron chi connectivity index (χ2n) is 4.22. The van der Waals surface area contributed by atoms with E-state index >= 15 is 0 Å². The van der Waals surface area contributed by atoms with Gasteiger partial charge >= 0.3 is 0 Å². The first-order valence-electron chi connectivity index (χ1n) is 6.00. The fraction of sp³-hybridized carbons (Fsp3) is 0.286. The van der Waals surface area contributed by atoms with Gasteiger partial charge in [0.25, 0.3) is 0 Å². The molecule has 0 radical (unpaired) electrons. The average Bonchev–Trinajstić information content (AvgIpc) is 2.46. The number of hydrogen-bond donors (Lipinski definition) is 0. The van der Waals surface area contributed by atoms with Crippen LogP contribution in [-0.4, -0.2) is 30.7 Å². The minimum absolute atomic E-state index is 0.548.